The lowest BCUT2D eigenvalue weighted by Gasteiger charge is -2.18. The zero-order valence-corrected chi connectivity index (χ0v) is 16.5. The molecule has 0 aliphatic carbocycles. The molecule has 5 nitrogen and oxygen atoms in total. The van der Waals surface area contributed by atoms with Crippen molar-refractivity contribution in [2.45, 2.75) is 0 Å². The van der Waals surface area contributed by atoms with Crippen molar-refractivity contribution < 1.29 is 18.7 Å². The number of amidine groups is 1. The lowest BCUT2D eigenvalue weighted by Crippen LogP contribution is -2.32. The predicted molar refractivity (Wildman–Crippen MR) is 114 cm³/mol. The van der Waals surface area contributed by atoms with Gasteiger partial charge >= 0.3 is 0 Å². The fourth-order valence-electron chi connectivity index (χ4n) is 3.14. The summed E-state index contributed by atoms with van der Waals surface area (Å²) in [6.07, 6.45) is 1.72. The molecule has 0 radical (unpaired) electrons. The number of rotatable bonds is 5. The highest BCUT2D eigenvalue weighted by molar-refractivity contribution is 6.33. The topological polar surface area (TPSA) is 51.1 Å². The number of hydrogen-bond donors (Lipinski definition) is 0. The Balaban J connectivity index is 1.77. The molecule has 0 atom stereocenters. The predicted octanol–water partition coefficient (Wildman–Crippen LogP) is 4.68. The Hall–Kier alpha value is -3.93. The van der Waals surface area contributed by atoms with E-state index >= 15 is 0 Å². The summed E-state index contributed by atoms with van der Waals surface area (Å²) in [7, 11) is 3.19. The van der Waals surface area contributed by atoms with Gasteiger partial charge in [0.15, 0.2) is 0 Å². The maximum Gasteiger partial charge on any atom is 0.282 e. The smallest absolute Gasteiger partial charge is 0.282 e. The van der Waals surface area contributed by atoms with Crippen molar-refractivity contribution in [3.05, 3.63) is 95.4 Å². The fraction of sp³-hybridized carbons (Fsp3) is 0.0833. The molecule has 0 saturated carbocycles. The van der Waals surface area contributed by atoms with E-state index in [0.29, 0.717) is 17.3 Å². The van der Waals surface area contributed by atoms with E-state index in [1.807, 2.05) is 36.4 Å². The van der Waals surface area contributed by atoms with E-state index in [1.54, 1.807) is 44.6 Å². The van der Waals surface area contributed by atoms with Gasteiger partial charge in [0.25, 0.3) is 5.91 Å². The molecule has 0 bridgehead atoms. The molecule has 0 unspecified atom stereocenters. The van der Waals surface area contributed by atoms with Gasteiger partial charge in [0.05, 0.1) is 19.9 Å². The SMILES string of the molecule is COc1ccc(/C=C2/N=C(c3ccc(OC)cc3)N(c3ccc(F)cc3)C2=O)cc1. The molecule has 0 fully saturated rings. The minimum absolute atomic E-state index is 0.287. The average molecular weight is 402 g/mol. The zero-order valence-electron chi connectivity index (χ0n) is 16.5. The molecule has 3 aromatic carbocycles. The first-order valence-corrected chi connectivity index (χ1v) is 9.28. The molecule has 1 amide bonds. The van der Waals surface area contributed by atoms with E-state index in [4.69, 9.17) is 9.47 Å². The van der Waals surface area contributed by atoms with Gasteiger partial charge < -0.3 is 9.47 Å². The summed E-state index contributed by atoms with van der Waals surface area (Å²) in [5, 5.41) is 0. The minimum atomic E-state index is -0.373. The number of aliphatic imine (C=N–C) groups is 1. The van der Waals surface area contributed by atoms with Crippen molar-refractivity contribution in [1.29, 1.82) is 0 Å². The molecule has 1 aliphatic rings. The van der Waals surface area contributed by atoms with Crippen LogP contribution in [0, 0.1) is 5.82 Å². The fourth-order valence-corrected chi connectivity index (χ4v) is 3.14. The van der Waals surface area contributed by atoms with Crippen molar-refractivity contribution in [2.24, 2.45) is 4.99 Å². The summed E-state index contributed by atoms with van der Waals surface area (Å²) in [6.45, 7) is 0. The van der Waals surface area contributed by atoms with Crippen LogP contribution in [0.5, 0.6) is 11.5 Å². The normalized spacial score (nSPS) is 14.8. The number of halogens is 1. The van der Waals surface area contributed by atoms with Gasteiger partial charge in [0, 0.05) is 5.56 Å². The van der Waals surface area contributed by atoms with Gasteiger partial charge in [-0.3, -0.25) is 9.69 Å². The summed E-state index contributed by atoms with van der Waals surface area (Å²) < 4.78 is 23.8. The first-order chi connectivity index (χ1) is 14.6. The van der Waals surface area contributed by atoms with Crippen LogP contribution in [-0.2, 0) is 4.79 Å². The first kappa shape index (κ1) is 19.4. The third-order valence-electron chi connectivity index (χ3n) is 4.71. The van der Waals surface area contributed by atoms with Gasteiger partial charge in [-0.1, -0.05) is 12.1 Å². The van der Waals surface area contributed by atoms with E-state index in [1.165, 1.54) is 17.0 Å². The van der Waals surface area contributed by atoms with Crippen molar-refractivity contribution in [2.75, 3.05) is 19.1 Å². The quantitative estimate of drug-likeness (QED) is 0.583. The third-order valence-corrected chi connectivity index (χ3v) is 4.71. The van der Waals surface area contributed by atoms with Gasteiger partial charge in [-0.15, -0.1) is 0 Å². The molecule has 0 aromatic heterocycles. The van der Waals surface area contributed by atoms with Crippen LogP contribution in [0.3, 0.4) is 0 Å². The van der Waals surface area contributed by atoms with Gasteiger partial charge in [-0.2, -0.15) is 0 Å². The number of hydrogen-bond acceptors (Lipinski definition) is 4. The van der Waals surface area contributed by atoms with Gasteiger partial charge in [-0.25, -0.2) is 9.38 Å². The van der Waals surface area contributed by atoms with Crippen LogP contribution in [0.25, 0.3) is 6.08 Å². The van der Waals surface area contributed by atoms with Crippen molar-refractivity contribution in [3.8, 4) is 11.5 Å². The second kappa shape index (κ2) is 8.21. The van der Waals surface area contributed by atoms with E-state index in [0.717, 1.165) is 16.9 Å². The van der Waals surface area contributed by atoms with E-state index in [-0.39, 0.29) is 17.4 Å². The second-order valence-corrected chi connectivity index (χ2v) is 6.58. The number of anilines is 1. The van der Waals surface area contributed by atoms with Crippen LogP contribution in [-0.4, -0.2) is 26.0 Å². The highest BCUT2D eigenvalue weighted by Crippen LogP contribution is 2.29. The molecule has 0 saturated heterocycles. The molecule has 4 rings (SSSR count). The Kier molecular flexibility index (Phi) is 5.30. The van der Waals surface area contributed by atoms with Crippen molar-refractivity contribution >= 4 is 23.5 Å². The van der Waals surface area contributed by atoms with Crippen LogP contribution in [0.4, 0.5) is 10.1 Å². The van der Waals surface area contributed by atoms with Crippen LogP contribution < -0.4 is 14.4 Å². The third kappa shape index (κ3) is 3.80. The summed E-state index contributed by atoms with van der Waals surface area (Å²) in [5.41, 5.74) is 2.38. The maximum atomic E-state index is 13.4. The Bertz CT molecular complexity index is 1120. The van der Waals surface area contributed by atoms with Gasteiger partial charge in [0.2, 0.25) is 0 Å². The van der Waals surface area contributed by atoms with Crippen LogP contribution in [0.2, 0.25) is 0 Å². The Morgan fingerprint density at radius 2 is 1.40 bits per heavy atom. The highest BCUT2D eigenvalue weighted by Gasteiger charge is 2.32. The maximum absolute atomic E-state index is 13.4. The molecule has 30 heavy (non-hydrogen) atoms. The molecule has 1 heterocycles. The lowest BCUT2D eigenvalue weighted by atomic mass is 10.1. The first-order valence-electron chi connectivity index (χ1n) is 9.28. The molecule has 150 valence electrons. The van der Waals surface area contributed by atoms with Crippen molar-refractivity contribution in [1.82, 2.24) is 0 Å². The summed E-state index contributed by atoms with van der Waals surface area (Å²) in [4.78, 5) is 19.3. The molecule has 1 aliphatic heterocycles. The number of ether oxygens (including phenoxy) is 2. The molecule has 3 aromatic rings. The molecule has 0 spiro atoms. The second-order valence-electron chi connectivity index (χ2n) is 6.58. The van der Waals surface area contributed by atoms with Crippen LogP contribution >= 0.6 is 0 Å². The number of carbonyl (C=O) groups is 1. The lowest BCUT2D eigenvalue weighted by molar-refractivity contribution is -0.113. The van der Waals surface area contributed by atoms with E-state index in [9.17, 15) is 9.18 Å². The number of methoxy groups -OCH3 is 2. The van der Waals surface area contributed by atoms with Crippen molar-refractivity contribution in [3.63, 3.8) is 0 Å². The summed E-state index contributed by atoms with van der Waals surface area (Å²) in [5.74, 6) is 1.23. The number of carbonyl (C=O) groups excluding carboxylic acids is 1. The van der Waals surface area contributed by atoms with Gasteiger partial charge in [-0.05, 0) is 72.3 Å². The zero-order chi connectivity index (χ0) is 21.1. The standard InChI is InChI=1S/C24H19FN2O3/c1-29-20-11-3-16(4-12-20)15-22-24(28)27(19-9-7-18(25)8-10-19)23(26-22)17-5-13-21(30-2)14-6-17/h3-15H,1-2H3/b22-15+. The van der Waals surface area contributed by atoms with E-state index in [2.05, 4.69) is 4.99 Å². The Morgan fingerprint density at radius 3 is 1.97 bits per heavy atom. The summed E-state index contributed by atoms with van der Waals surface area (Å²) in [6, 6.07) is 20.4. The Morgan fingerprint density at radius 1 is 0.833 bits per heavy atom. The molecular weight excluding hydrogens is 383 g/mol. The number of amides is 1. The minimum Gasteiger partial charge on any atom is -0.497 e. The monoisotopic (exact) mass is 402 g/mol. The van der Waals surface area contributed by atoms with E-state index < -0.39 is 0 Å². The number of benzene rings is 3. The Labute approximate surface area is 173 Å². The van der Waals surface area contributed by atoms with Crippen LogP contribution in [0.15, 0.2) is 83.5 Å². The average Bonchev–Trinajstić information content (AvgIpc) is 3.11. The molecule has 6 heteroatoms. The highest BCUT2D eigenvalue weighted by atomic mass is 19.1. The summed E-state index contributed by atoms with van der Waals surface area (Å²) >= 11 is 0. The number of nitrogens with zero attached hydrogens (tertiary/aromatic N) is 2. The largest absolute Gasteiger partial charge is 0.497 e. The van der Waals surface area contributed by atoms with Gasteiger partial charge in [0.1, 0.15) is 28.8 Å². The molecule has 0 N–H and O–H groups in total. The van der Waals surface area contributed by atoms with Crippen LogP contribution in [0.1, 0.15) is 11.1 Å². The molecular formula is C24H19FN2O3.